The second-order valence-corrected chi connectivity index (χ2v) is 3.53. The van der Waals surface area contributed by atoms with Crippen LogP contribution in [0, 0.1) is 6.92 Å². The van der Waals surface area contributed by atoms with Gasteiger partial charge in [0.25, 0.3) is 0 Å². The van der Waals surface area contributed by atoms with Crippen LogP contribution in [0.4, 0.5) is 0 Å². The van der Waals surface area contributed by atoms with Crippen molar-refractivity contribution in [3.05, 3.63) is 35.7 Å². The summed E-state index contributed by atoms with van der Waals surface area (Å²) in [4.78, 5) is 7.60. The topological polar surface area (TPSA) is 28.7 Å². The average molecular weight is 186 g/mol. The van der Waals surface area contributed by atoms with Crippen LogP contribution in [-0.4, -0.2) is 9.97 Å². The van der Waals surface area contributed by atoms with Crippen molar-refractivity contribution in [3.8, 4) is 0 Å². The fourth-order valence-electron chi connectivity index (χ4n) is 1.55. The summed E-state index contributed by atoms with van der Waals surface area (Å²) in [7, 11) is 0. The number of hydrogen-bond donors (Lipinski definition) is 1. The summed E-state index contributed by atoms with van der Waals surface area (Å²) in [5, 5.41) is 0. The Labute approximate surface area is 83.7 Å². The molecule has 0 spiro atoms. The molecule has 1 aromatic carbocycles. The number of hydrogen-bond acceptors (Lipinski definition) is 1. The Morgan fingerprint density at radius 1 is 1.43 bits per heavy atom. The van der Waals surface area contributed by atoms with Gasteiger partial charge in [-0.05, 0) is 44.0 Å². The van der Waals surface area contributed by atoms with Crippen molar-refractivity contribution in [2.24, 2.45) is 0 Å². The number of fused-ring (bicyclic) bond motifs is 1. The monoisotopic (exact) mass is 186 g/mol. The fourth-order valence-corrected chi connectivity index (χ4v) is 1.55. The molecule has 0 unspecified atom stereocenters. The van der Waals surface area contributed by atoms with Gasteiger partial charge < -0.3 is 4.98 Å². The first-order valence-corrected chi connectivity index (χ1v) is 4.80. The number of aromatic nitrogens is 2. The maximum atomic E-state index is 4.36. The summed E-state index contributed by atoms with van der Waals surface area (Å²) >= 11 is 0. The Morgan fingerprint density at radius 2 is 2.21 bits per heavy atom. The molecule has 0 fully saturated rings. The van der Waals surface area contributed by atoms with Crippen LogP contribution in [0.15, 0.2) is 24.3 Å². The average Bonchev–Trinajstić information content (AvgIpc) is 2.55. The first kappa shape index (κ1) is 9.00. The van der Waals surface area contributed by atoms with Gasteiger partial charge in [0.05, 0.1) is 11.0 Å². The van der Waals surface area contributed by atoms with Crippen LogP contribution in [-0.2, 0) is 0 Å². The van der Waals surface area contributed by atoms with Gasteiger partial charge in [-0.3, -0.25) is 0 Å². The molecule has 0 bridgehead atoms. The van der Waals surface area contributed by atoms with Crippen molar-refractivity contribution >= 4 is 16.6 Å². The molecular formula is C12H14N2. The minimum atomic E-state index is 0.968. The molecule has 1 heterocycles. The summed E-state index contributed by atoms with van der Waals surface area (Å²) in [6.07, 6.45) is 2.12. The van der Waals surface area contributed by atoms with E-state index in [1.807, 2.05) is 6.92 Å². The molecule has 0 aliphatic heterocycles. The molecule has 0 amide bonds. The van der Waals surface area contributed by atoms with Gasteiger partial charge in [0, 0.05) is 0 Å². The molecule has 0 radical (unpaired) electrons. The number of H-pyrrole nitrogens is 1. The summed E-state index contributed by atoms with van der Waals surface area (Å²) in [5.41, 5.74) is 4.69. The number of aryl methyl sites for hydroxylation is 1. The highest BCUT2D eigenvalue weighted by atomic mass is 14.9. The lowest BCUT2D eigenvalue weighted by atomic mass is 10.1. The molecule has 2 aromatic rings. The fraction of sp³-hybridized carbons (Fsp3) is 0.250. The lowest BCUT2D eigenvalue weighted by Crippen LogP contribution is -1.79. The zero-order valence-electron chi connectivity index (χ0n) is 8.76. The normalized spacial score (nSPS) is 12.4. The highest BCUT2D eigenvalue weighted by molar-refractivity contribution is 5.80. The van der Waals surface area contributed by atoms with Gasteiger partial charge >= 0.3 is 0 Å². The van der Waals surface area contributed by atoms with E-state index < -0.39 is 0 Å². The molecule has 1 N–H and O–H groups in total. The van der Waals surface area contributed by atoms with Crippen LogP contribution in [0.5, 0.6) is 0 Å². The predicted molar refractivity (Wildman–Crippen MR) is 60.2 cm³/mol. The van der Waals surface area contributed by atoms with Gasteiger partial charge in [-0.25, -0.2) is 4.98 Å². The first-order valence-electron chi connectivity index (χ1n) is 4.80. The Bertz CT molecular complexity index is 492. The Balaban J connectivity index is 2.61. The second kappa shape index (κ2) is 3.29. The third-order valence-corrected chi connectivity index (χ3v) is 2.49. The van der Waals surface area contributed by atoms with Gasteiger partial charge in [0.15, 0.2) is 0 Å². The quantitative estimate of drug-likeness (QED) is 0.727. The standard InChI is InChI=1S/C12H14N2/c1-4-8(2)10-5-6-11-12(7-10)14-9(3)13-11/h4-7H,1-3H3,(H,13,14)/b8-4+. The van der Waals surface area contributed by atoms with Crippen LogP contribution in [0.2, 0.25) is 0 Å². The zero-order chi connectivity index (χ0) is 10.1. The van der Waals surface area contributed by atoms with E-state index in [2.05, 4.69) is 48.1 Å². The molecule has 2 rings (SSSR count). The van der Waals surface area contributed by atoms with E-state index in [1.165, 1.54) is 11.1 Å². The Hall–Kier alpha value is -1.57. The molecule has 0 saturated heterocycles. The van der Waals surface area contributed by atoms with Crippen molar-refractivity contribution in [3.63, 3.8) is 0 Å². The smallest absolute Gasteiger partial charge is 0.104 e. The molecule has 72 valence electrons. The number of rotatable bonds is 1. The third-order valence-electron chi connectivity index (χ3n) is 2.49. The van der Waals surface area contributed by atoms with Gasteiger partial charge in [0.1, 0.15) is 5.82 Å². The maximum absolute atomic E-state index is 4.36. The molecule has 0 aliphatic carbocycles. The van der Waals surface area contributed by atoms with E-state index in [9.17, 15) is 0 Å². The van der Waals surface area contributed by atoms with E-state index in [4.69, 9.17) is 0 Å². The largest absolute Gasteiger partial charge is 0.342 e. The van der Waals surface area contributed by atoms with E-state index in [1.54, 1.807) is 0 Å². The summed E-state index contributed by atoms with van der Waals surface area (Å²) in [6.45, 7) is 6.14. The van der Waals surface area contributed by atoms with Crippen molar-refractivity contribution in [1.82, 2.24) is 9.97 Å². The predicted octanol–water partition coefficient (Wildman–Crippen LogP) is 3.29. The number of nitrogens with zero attached hydrogens (tertiary/aromatic N) is 1. The van der Waals surface area contributed by atoms with Crippen molar-refractivity contribution in [1.29, 1.82) is 0 Å². The Kier molecular flexibility index (Phi) is 2.12. The number of benzene rings is 1. The van der Waals surface area contributed by atoms with Crippen LogP contribution in [0.25, 0.3) is 16.6 Å². The number of imidazole rings is 1. The SMILES string of the molecule is C/C=C(\C)c1ccc2nc(C)[nH]c2c1. The van der Waals surface area contributed by atoms with E-state index >= 15 is 0 Å². The lowest BCUT2D eigenvalue weighted by Gasteiger charge is -1.99. The lowest BCUT2D eigenvalue weighted by molar-refractivity contribution is 1.17. The van der Waals surface area contributed by atoms with Crippen LogP contribution >= 0.6 is 0 Å². The zero-order valence-corrected chi connectivity index (χ0v) is 8.76. The molecule has 1 aromatic heterocycles. The molecule has 0 aliphatic rings. The third kappa shape index (κ3) is 1.43. The van der Waals surface area contributed by atoms with Gasteiger partial charge in [-0.15, -0.1) is 0 Å². The van der Waals surface area contributed by atoms with Crippen LogP contribution < -0.4 is 0 Å². The number of aromatic amines is 1. The molecule has 0 atom stereocenters. The van der Waals surface area contributed by atoms with Crippen LogP contribution in [0.3, 0.4) is 0 Å². The highest BCUT2D eigenvalue weighted by Crippen LogP contribution is 2.19. The summed E-state index contributed by atoms with van der Waals surface area (Å²) < 4.78 is 0. The van der Waals surface area contributed by atoms with Crippen molar-refractivity contribution < 1.29 is 0 Å². The number of nitrogens with one attached hydrogen (secondary N) is 1. The number of allylic oxidation sites excluding steroid dienone is 2. The minimum absolute atomic E-state index is 0.968. The van der Waals surface area contributed by atoms with E-state index in [0.29, 0.717) is 0 Å². The summed E-state index contributed by atoms with van der Waals surface area (Å²) in [6, 6.07) is 6.31. The molecule has 14 heavy (non-hydrogen) atoms. The molecule has 2 nitrogen and oxygen atoms in total. The molecule has 2 heteroatoms. The van der Waals surface area contributed by atoms with E-state index in [-0.39, 0.29) is 0 Å². The van der Waals surface area contributed by atoms with Gasteiger partial charge in [-0.1, -0.05) is 12.1 Å². The first-order chi connectivity index (χ1) is 6.70. The van der Waals surface area contributed by atoms with Gasteiger partial charge in [-0.2, -0.15) is 0 Å². The maximum Gasteiger partial charge on any atom is 0.104 e. The minimum Gasteiger partial charge on any atom is -0.342 e. The highest BCUT2D eigenvalue weighted by Gasteiger charge is 2.00. The summed E-state index contributed by atoms with van der Waals surface area (Å²) in [5.74, 6) is 0.968. The Morgan fingerprint density at radius 3 is 2.93 bits per heavy atom. The van der Waals surface area contributed by atoms with Crippen molar-refractivity contribution in [2.45, 2.75) is 20.8 Å². The van der Waals surface area contributed by atoms with Gasteiger partial charge in [0.2, 0.25) is 0 Å². The van der Waals surface area contributed by atoms with Crippen LogP contribution in [0.1, 0.15) is 25.2 Å². The second-order valence-electron chi connectivity index (χ2n) is 3.53. The molecule has 0 saturated carbocycles. The van der Waals surface area contributed by atoms with E-state index in [0.717, 1.165) is 16.9 Å². The molecular weight excluding hydrogens is 172 g/mol. The van der Waals surface area contributed by atoms with Crippen molar-refractivity contribution in [2.75, 3.05) is 0 Å².